The normalized spacial score (nSPS) is 12.0. The third-order valence-corrected chi connectivity index (χ3v) is 3.70. The Morgan fingerprint density at radius 1 is 0.952 bits per heavy atom. The van der Waals surface area contributed by atoms with Crippen LogP contribution in [0.15, 0.2) is 66.7 Å². The number of fused-ring (bicyclic) bond motifs is 1. The lowest BCUT2D eigenvalue weighted by Gasteiger charge is -2.09. The molecule has 0 aromatic heterocycles. The molecule has 21 heavy (non-hydrogen) atoms. The molecular weight excluding hydrogens is 286 g/mol. The van der Waals surface area contributed by atoms with Crippen molar-refractivity contribution in [1.82, 2.24) is 0 Å². The van der Waals surface area contributed by atoms with E-state index in [4.69, 9.17) is 4.18 Å². The highest BCUT2D eigenvalue weighted by molar-refractivity contribution is 7.81. The van der Waals surface area contributed by atoms with E-state index in [1.807, 2.05) is 30.3 Å². The summed E-state index contributed by atoms with van der Waals surface area (Å²) >= 11 is -1.73. The fourth-order valence-electron chi connectivity index (χ4n) is 2.03. The van der Waals surface area contributed by atoms with Crippen LogP contribution in [0.3, 0.4) is 0 Å². The Bertz CT molecular complexity index is 790. The number of hydrogen-bond donors (Lipinski definition) is 2. The number of rotatable bonds is 4. The first-order valence-electron chi connectivity index (χ1n) is 6.36. The van der Waals surface area contributed by atoms with Gasteiger partial charge in [0.25, 0.3) is 0 Å². The third-order valence-electron chi connectivity index (χ3n) is 2.96. The molecule has 0 aliphatic carbocycles. The minimum absolute atomic E-state index is 0.132. The van der Waals surface area contributed by atoms with Gasteiger partial charge >= 0.3 is 11.3 Å². The molecule has 1 atom stereocenters. The average molecular weight is 299 g/mol. The highest BCUT2D eigenvalue weighted by Gasteiger charge is 2.06. The van der Waals surface area contributed by atoms with E-state index in [1.54, 1.807) is 30.3 Å². The van der Waals surface area contributed by atoms with E-state index in [9.17, 15) is 9.32 Å². The molecule has 0 saturated heterocycles. The molecule has 2 N–H and O–H groups in total. The maximum absolute atomic E-state index is 11.9. The fraction of sp³-hybridized carbons (Fsp3) is 0. The molecule has 0 aliphatic rings. The van der Waals surface area contributed by atoms with Gasteiger partial charge in [-0.1, -0.05) is 42.5 Å². The Morgan fingerprint density at radius 3 is 2.48 bits per heavy atom. The Labute approximate surface area is 124 Å². The Kier molecular flexibility index (Phi) is 3.75. The minimum atomic E-state index is -1.73. The number of anilines is 1. The van der Waals surface area contributed by atoms with E-state index in [0.29, 0.717) is 11.4 Å². The van der Waals surface area contributed by atoms with Crippen molar-refractivity contribution >= 4 is 27.7 Å². The van der Waals surface area contributed by atoms with Crippen molar-refractivity contribution in [3.05, 3.63) is 66.7 Å². The van der Waals surface area contributed by atoms with Crippen molar-refractivity contribution in [2.75, 3.05) is 4.72 Å². The van der Waals surface area contributed by atoms with Crippen molar-refractivity contribution in [3.8, 4) is 11.5 Å². The van der Waals surface area contributed by atoms with Gasteiger partial charge in [-0.2, -0.15) is 4.21 Å². The number of phenols is 1. The molecule has 3 aromatic rings. The molecule has 5 heteroatoms. The lowest BCUT2D eigenvalue weighted by molar-refractivity contribution is 0.482. The largest absolute Gasteiger partial charge is 0.507 e. The lowest BCUT2D eigenvalue weighted by atomic mass is 10.1. The Morgan fingerprint density at radius 2 is 1.67 bits per heavy atom. The first-order valence-corrected chi connectivity index (χ1v) is 7.43. The molecule has 3 aromatic carbocycles. The van der Waals surface area contributed by atoms with E-state index in [1.165, 1.54) is 6.07 Å². The standard InChI is InChI=1S/C16H13NO3S/c18-16-11-13(10-12-6-4-5-9-15(12)16)17-21(19)20-14-7-2-1-3-8-14/h1-11,17-18H. The SMILES string of the molecule is O=S(Nc1cc(O)c2ccccc2c1)Oc1ccccc1. The lowest BCUT2D eigenvalue weighted by Crippen LogP contribution is -2.10. The van der Waals surface area contributed by atoms with Crippen molar-refractivity contribution in [2.24, 2.45) is 0 Å². The molecule has 0 radical (unpaired) electrons. The third kappa shape index (κ3) is 3.14. The van der Waals surface area contributed by atoms with E-state index in [-0.39, 0.29) is 5.75 Å². The topological polar surface area (TPSA) is 58.6 Å². The molecule has 0 fully saturated rings. The van der Waals surface area contributed by atoms with E-state index in [0.717, 1.165) is 10.8 Å². The maximum Gasteiger partial charge on any atom is 0.316 e. The number of para-hydroxylation sites is 1. The van der Waals surface area contributed by atoms with Gasteiger partial charge in [0.15, 0.2) is 0 Å². The molecule has 0 saturated carbocycles. The first-order chi connectivity index (χ1) is 10.2. The molecule has 0 aliphatic heterocycles. The summed E-state index contributed by atoms with van der Waals surface area (Å²) in [6, 6.07) is 19.7. The zero-order chi connectivity index (χ0) is 14.7. The quantitative estimate of drug-likeness (QED) is 0.773. The van der Waals surface area contributed by atoms with Crippen LogP contribution in [0.25, 0.3) is 10.8 Å². The van der Waals surface area contributed by atoms with Crippen LogP contribution in [0.4, 0.5) is 5.69 Å². The molecule has 4 nitrogen and oxygen atoms in total. The highest BCUT2D eigenvalue weighted by atomic mass is 32.2. The summed E-state index contributed by atoms with van der Waals surface area (Å²) in [6.45, 7) is 0. The van der Waals surface area contributed by atoms with Crippen LogP contribution in [0, 0.1) is 0 Å². The van der Waals surface area contributed by atoms with Crippen molar-refractivity contribution in [3.63, 3.8) is 0 Å². The molecule has 106 valence electrons. The summed E-state index contributed by atoms with van der Waals surface area (Å²) in [5.74, 6) is 0.639. The molecule has 0 spiro atoms. The monoisotopic (exact) mass is 299 g/mol. The van der Waals surface area contributed by atoms with Gasteiger partial charge in [0.05, 0.1) is 5.69 Å². The Balaban J connectivity index is 1.80. The van der Waals surface area contributed by atoms with Gasteiger partial charge in [-0.3, -0.25) is 4.72 Å². The first kappa shape index (κ1) is 13.5. The number of hydrogen-bond acceptors (Lipinski definition) is 3. The van der Waals surface area contributed by atoms with Gasteiger partial charge in [0.2, 0.25) is 0 Å². The number of nitrogens with one attached hydrogen (secondary N) is 1. The van der Waals surface area contributed by atoms with E-state index >= 15 is 0 Å². The zero-order valence-corrected chi connectivity index (χ0v) is 11.8. The summed E-state index contributed by atoms with van der Waals surface area (Å²) in [7, 11) is 0. The summed E-state index contributed by atoms with van der Waals surface area (Å²) in [5.41, 5.74) is 0.528. The Hall–Kier alpha value is -2.53. The molecule has 0 amide bonds. The van der Waals surface area contributed by atoms with Crippen LogP contribution >= 0.6 is 0 Å². The summed E-state index contributed by atoms with van der Waals surface area (Å²) in [5, 5.41) is 11.6. The fourth-order valence-corrected chi connectivity index (χ4v) is 2.67. The van der Waals surface area contributed by atoms with Crippen LogP contribution in [0.5, 0.6) is 11.5 Å². The van der Waals surface area contributed by atoms with Crippen molar-refractivity contribution < 1.29 is 13.5 Å². The van der Waals surface area contributed by atoms with Crippen LogP contribution in [-0.4, -0.2) is 9.32 Å². The second kappa shape index (κ2) is 5.85. The summed E-state index contributed by atoms with van der Waals surface area (Å²) in [6.07, 6.45) is 0. The van der Waals surface area contributed by atoms with Gasteiger partial charge in [0.1, 0.15) is 11.5 Å². The van der Waals surface area contributed by atoms with Crippen molar-refractivity contribution in [1.29, 1.82) is 0 Å². The smallest absolute Gasteiger partial charge is 0.316 e. The van der Waals surface area contributed by atoms with E-state index in [2.05, 4.69) is 4.72 Å². The second-order valence-corrected chi connectivity index (χ2v) is 5.29. The van der Waals surface area contributed by atoms with Gasteiger partial charge < -0.3 is 9.29 Å². The molecule has 0 bridgehead atoms. The number of phenolic OH excluding ortho intramolecular Hbond substituents is 1. The van der Waals surface area contributed by atoms with Gasteiger partial charge in [0, 0.05) is 11.5 Å². The van der Waals surface area contributed by atoms with E-state index < -0.39 is 11.3 Å². The molecule has 0 heterocycles. The molecule has 3 rings (SSSR count). The van der Waals surface area contributed by atoms with Gasteiger partial charge in [-0.25, -0.2) is 0 Å². The van der Waals surface area contributed by atoms with Crippen LogP contribution in [-0.2, 0) is 11.3 Å². The number of benzene rings is 3. The predicted molar refractivity (Wildman–Crippen MR) is 84.4 cm³/mol. The average Bonchev–Trinajstić information content (AvgIpc) is 2.48. The zero-order valence-electron chi connectivity index (χ0n) is 11.0. The van der Waals surface area contributed by atoms with Crippen LogP contribution in [0.1, 0.15) is 0 Å². The van der Waals surface area contributed by atoms with Crippen LogP contribution in [0.2, 0.25) is 0 Å². The predicted octanol–water partition coefficient (Wildman–Crippen LogP) is 3.62. The minimum Gasteiger partial charge on any atom is -0.507 e. The van der Waals surface area contributed by atoms with Gasteiger partial charge in [-0.05, 0) is 23.6 Å². The van der Waals surface area contributed by atoms with Crippen LogP contribution < -0.4 is 8.91 Å². The molecular formula is C16H13NO3S. The second-order valence-electron chi connectivity index (χ2n) is 4.45. The van der Waals surface area contributed by atoms with Crippen molar-refractivity contribution in [2.45, 2.75) is 0 Å². The van der Waals surface area contributed by atoms with Gasteiger partial charge in [-0.15, -0.1) is 0 Å². The summed E-state index contributed by atoms with van der Waals surface area (Å²) < 4.78 is 19.9. The molecule has 1 unspecified atom stereocenters. The highest BCUT2D eigenvalue weighted by Crippen LogP contribution is 2.29. The summed E-state index contributed by atoms with van der Waals surface area (Å²) in [4.78, 5) is 0. The number of aromatic hydroxyl groups is 1. The maximum atomic E-state index is 11.9.